The number of aromatic hydroxyl groups is 1. The molecule has 2 amide bonds. The highest BCUT2D eigenvalue weighted by Crippen LogP contribution is 2.37. The molecular weight excluding hydrogens is 290 g/mol. The minimum Gasteiger partial charge on any atom is -0.504 e. The SMILES string of the molecule is CC[C@@H](C)N1C(=O)S/C(=C/c2cccc(OC)c2O)C1=O. The van der Waals surface area contributed by atoms with Crippen LogP contribution < -0.4 is 4.74 Å². The van der Waals surface area contributed by atoms with E-state index in [9.17, 15) is 14.7 Å². The molecule has 1 N–H and O–H groups in total. The lowest BCUT2D eigenvalue weighted by atomic mass is 10.1. The molecule has 1 fully saturated rings. The van der Waals surface area contributed by atoms with E-state index < -0.39 is 0 Å². The Morgan fingerprint density at radius 2 is 2.14 bits per heavy atom. The number of amides is 2. The Morgan fingerprint density at radius 1 is 1.43 bits per heavy atom. The summed E-state index contributed by atoms with van der Waals surface area (Å²) in [5.74, 6) is -0.0400. The Bertz CT molecular complexity index is 612. The number of hydrogen-bond donors (Lipinski definition) is 1. The molecule has 1 aromatic carbocycles. The van der Waals surface area contributed by atoms with Crippen molar-refractivity contribution in [1.29, 1.82) is 0 Å². The maximum atomic E-state index is 12.3. The third-order valence-electron chi connectivity index (χ3n) is 3.39. The van der Waals surface area contributed by atoms with Crippen LogP contribution in [0.15, 0.2) is 23.1 Å². The van der Waals surface area contributed by atoms with E-state index in [4.69, 9.17) is 4.74 Å². The van der Waals surface area contributed by atoms with E-state index in [1.54, 1.807) is 18.2 Å². The van der Waals surface area contributed by atoms with Gasteiger partial charge >= 0.3 is 0 Å². The van der Waals surface area contributed by atoms with Gasteiger partial charge in [0.05, 0.1) is 12.0 Å². The van der Waals surface area contributed by atoms with E-state index in [1.165, 1.54) is 18.1 Å². The van der Waals surface area contributed by atoms with Gasteiger partial charge in [0.15, 0.2) is 11.5 Å². The monoisotopic (exact) mass is 307 g/mol. The summed E-state index contributed by atoms with van der Waals surface area (Å²) >= 11 is 0.889. The molecule has 2 rings (SSSR count). The molecular formula is C15H17NO4S. The lowest BCUT2D eigenvalue weighted by Crippen LogP contribution is -2.36. The van der Waals surface area contributed by atoms with Crippen molar-refractivity contribution in [2.75, 3.05) is 7.11 Å². The summed E-state index contributed by atoms with van der Waals surface area (Å²) in [7, 11) is 1.45. The van der Waals surface area contributed by atoms with E-state index >= 15 is 0 Å². The van der Waals surface area contributed by atoms with Gasteiger partial charge in [-0.15, -0.1) is 0 Å². The number of phenols is 1. The summed E-state index contributed by atoms with van der Waals surface area (Å²) in [5, 5.41) is 9.76. The van der Waals surface area contributed by atoms with Gasteiger partial charge in [0.1, 0.15) is 0 Å². The normalized spacial score (nSPS) is 18.4. The van der Waals surface area contributed by atoms with Crippen LogP contribution in [0.3, 0.4) is 0 Å². The standard InChI is InChI=1S/C15H17NO4S/c1-4-9(2)16-14(18)12(21-15(16)19)8-10-6-5-7-11(20-3)13(10)17/h5-9,17H,4H2,1-3H3/b12-8+/t9-/m1/s1. The van der Waals surface area contributed by atoms with Crippen LogP contribution in [0.25, 0.3) is 6.08 Å². The fraction of sp³-hybridized carbons (Fsp3) is 0.333. The van der Waals surface area contributed by atoms with Crippen molar-refractivity contribution in [3.63, 3.8) is 0 Å². The van der Waals surface area contributed by atoms with Gasteiger partial charge in [-0.05, 0) is 37.2 Å². The Labute approximate surface area is 127 Å². The first-order valence-corrected chi connectivity index (χ1v) is 7.44. The zero-order chi connectivity index (χ0) is 15.6. The zero-order valence-electron chi connectivity index (χ0n) is 12.1. The highest BCUT2D eigenvalue weighted by molar-refractivity contribution is 8.18. The van der Waals surface area contributed by atoms with Gasteiger partial charge in [-0.2, -0.15) is 0 Å². The quantitative estimate of drug-likeness (QED) is 0.865. The predicted molar refractivity (Wildman–Crippen MR) is 82.2 cm³/mol. The fourth-order valence-corrected chi connectivity index (χ4v) is 2.93. The maximum Gasteiger partial charge on any atom is 0.293 e. The van der Waals surface area contributed by atoms with E-state index in [0.29, 0.717) is 22.6 Å². The summed E-state index contributed by atoms with van der Waals surface area (Å²) in [6, 6.07) is 4.86. The van der Waals surface area contributed by atoms with Gasteiger partial charge in [0, 0.05) is 11.6 Å². The number of rotatable bonds is 4. The Balaban J connectivity index is 2.35. The minimum atomic E-state index is -0.318. The Hall–Kier alpha value is -1.95. The molecule has 1 aromatic rings. The molecule has 0 saturated carbocycles. The largest absolute Gasteiger partial charge is 0.504 e. The third-order valence-corrected chi connectivity index (χ3v) is 4.28. The molecule has 1 aliphatic rings. The molecule has 0 spiro atoms. The maximum absolute atomic E-state index is 12.3. The van der Waals surface area contributed by atoms with Crippen LogP contribution in [0.1, 0.15) is 25.8 Å². The lowest BCUT2D eigenvalue weighted by Gasteiger charge is -2.19. The molecule has 6 heteroatoms. The molecule has 21 heavy (non-hydrogen) atoms. The summed E-state index contributed by atoms with van der Waals surface area (Å²) in [6.45, 7) is 3.76. The van der Waals surface area contributed by atoms with Gasteiger partial charge in [-0.1, -0.05) is 19.1 Å². The number of thioether (sulfide) groups is 1. The van der Waals surface area contributed by atoms with Crippen LogP contribution in [0.4, 0.5) is 4.79 Å². The number of carbonyl (C=O) groups excluding carboxylic acids is 2. The number of hydrogen-bond acceptors (Lipinski definition) is 5. The van der Waals surface area contributed by atoms with Crippen molar-refractivity contribution >= 4 is 29.0 Å². The zero-order valence-corrected chi connectivity index (χ0v) is 12.9. The average Bonchev–Trinajstić information content (AvgIpc) is 2.75. The average molecular weight is 307 g/mol. The second-order valence-electron chi connectivity index (χ2n) is 4.71. The van der Waals surface area contributed by atoms with Crippen LogP contribution in [-0.2, 0) is 4.79 Å². The molecule has 0 unspecified atom stereocenters. The summed E-state index contributed by atoms with van der Waals surface area (Å²) < 4.78 is 5.03. The number of phenolic OH excluding ortho intramolecular Hbond substituents is 1. The minimum absolute atomic E-state index is 0.0460. The second-order valence-corrected chi connectivity index (χ2v) is 5.70. The third kappa shape index (κ3) is 2.90. The van der Waals surface area contributed by atoms with Crippen molar-refractivity contribution in [3.8, 4) is 11.5 Å². The van der Waals surface area contributed by atoms with Gasteiger partial charge in [0.25, 0.3) is 11.1 Å². The van der Waals surface area contributed by atoms with Crippen molar-refractivity contribution < 1.29 is 19.4 Å². The van der Waals surface area contributed by atoms with Crippen molar-refractivity contribution in [1.82, 2.24) is 4.90 Å². The second kappa shape index (κ2) is 6.22. The molecule has 1 saturated heterocycles. The Morgan fingerprint density at radius 3 is 2.76 bits per heavy atom. The molecule has 112 valence electrons. The number of para-hydroxylation sites is 1. The molecule has 1 aliphatic heterocycles. The van der Waals surface area contributed by atoms with Crippen LogP contribution in [0, 0.1) is 0 Å². The highest BCUT2D eigenvalue weighted by atomic mass is 32.2. The van der Waals surface area contributed by atoms with E-state index in [0.717, 1.165) is 11.8 Å². The molecule has 1 atom stereocenters. The van der Waals surface area contributed by atoms with Gasteiger partial charge < -0.3 is 9.84 Å². The lowest BCUT2D eigenvalue weighted by molar-refractivity contribution is -0.124. The number of imide groups is 1. The van der Waals surface area contributed by atoms with Gasteiger partial charge in [0.2, 0.25) is 0 Å². The first-order valence-electron chi connectivity index (χ1n) is 6.62. The fourth-order valence-electron chi connectivity index (χ4n) is 2.00. The number of methoxy groups -OCH3 is 1. The number of benzene rings is 1. The van der Waals surface area contributed by atoms with Crippen molar-refractivity contribution in [2.45, 2.75) is 26.3 Å². The van der Waals surface area contributed by atoms with Gasteiger partial charge in [-0.25, -0.2) is 0 Å². The summed E-state index contributed by atoms with van der Waals surface area (Å²) in [6.07, 6.45) is 2.22. The van der Waals surface area contributed by atoms with Crippen LogP contribution in [0.5, 0.6) is 11.5 Å². The molecule has 1 heterocycles. The molecule has 0 aromatic heterocycles. The first-order chi connectivity index (χ1) is 9.99. The van der Waals surface area contributed by atoms with Gasteiger partial charge in [-0.3, -0.25) is 14.5 Å². The summed E-state index contributed by atoms with van der Waals surface area (Å²) in [5.41, 5.74) is 0.448. The number of ether oxygens (including phenoxy) is 1. The highest BCUT2D eigenvalue weighted by Gasteiger charge is 2.37. The van der Waals surface area contributed by atoms with Crippen LogP contribution in [0.2, 0.25) is 0 Å². The smallest absolute Gasteiger partial charge is 0.293 e. The van der Waals surface area contributed by atoms with E-state index in [-0.39, 0.29) is 22.9 Å². The van der Waals surface area contributed by atoms with E-state index in [1.807, 2.05) is 13.8 Å². The topological polar surface area (TPSA) is 66.8 Å². The van der Waals surface area contributed by atoms with Crippen LogP contribution >= 0.6 is 11.8 Å². The van der Waals surface area contributed by atoms with Crippen molar-refractivity contribution in [2.24, 2.45) is 0 Å². The first kappa shape index (κ1) is 15.4. The Kier molecular flexibility index (Phi) is 4.57. The number of carbonyl (C=O) groups is 2. The van der Waals surface area contributed by atoms with Crippen molar-refractivity contribution in [3.05, 3.63) is 28.7 Å². The molecule has 5 nitrogen and oxygen atoms in total. The van der Waals surface area contributed by atoms with Crippen LogP contribution in [-0.4, -0.2) is 34.3 Å². The summed E-state index contributed by atoms with van der Waals surface area (Å²) in [4.78, 5) is 25.8. The van der Waals surface area contributed by atoms with E-state index in [2.05, 4.69) is 0 Å². The number of nitrogens with zero attached hydrogens (tertiary/aromatic N) is 1. The molecule has 0 bridgehead atoms. The molecule has 0 aliphatic carbocycles. The molecule has 0 radical (unpaired) electrons. The predicted octanol–water partition coefficient (Wildman–Crippen LogP) is 3.24.